The number of unbranched alkanes of at least 4 members (excludes halogenated alkanes) is 3. The fourth-order valence-electron chi connectivity index (χ4n) is 6.92. The molecule has 4 rings (SSSR count). The average molecular weight is 588 g/mol. The highest BCUT2D eigenvalue weighted by Crippen LogP contribution is 2.37. The molecule has 3 N–H and O–H groups in total. The third-order valence-electron chi connectivity index (χ3n) is 9.59. The molecule has 0 aromatic heterocycles. The van der Waals surface area contributed by atoms with E-state index in [4.69, 9.17) is 10.7 Å². The van der Waals surface area contributed by atoms with Gasteiger partial charge in [-0.3, -0.25) is 14.7 Å². The summed E-state index contributed by atoms with van der Waals surface area (Å²) in [6.07, 6.45) is 12.2. The highest BCUT2D eigenvalue weighted by Gasteiger charge is 2.48. The molecule has 1 saturated carbocycles. The van der Waals surface area contributed by atoms with E-state index in [2.05, 4.69) is 12.2 Å². The van der Waals surface area contributed by atoms with Crippen LogP contribution in [0.2, 0.25) is 0 Å². The predicted molar refractivity (Wildman–Crippen MR) is 165 cm³/mol. The quantitative estimate of drug-likeness (QED) is 0.360. The van der Waals surface area contributed by atoms with Crippen molar-refractivity contribution in [1.82, 2.24) is 9.62 Å². The number of amides is 3. The number of amidine groups is 1. The average Bonchev–Trinajstić information content (AvgIpc) is 3.25. The van der Waals surface area contributed by atoms with E-state index in [1.165, 1.54) is 54.2 Å². The Morgan fingerprint density at radius 2 is 1.83 bits per heavy atom. The summed E-state index contributed by atoms with van der Waals surface area (Å²) in [6.45, 7) is 6.69. The summed E-state index contributed by atoms with van der Waals surface area (Å²) in [6, 6.07) is 3.18. The molecule has 228 valence electrons. The zero-order valence-electron chi connectivity index (χ0n) is 25.4. The Morgan fingerprint density at radius 1 is 1.15 bits per heavy atom. The van der Waals surface area contributed by atoms with Crippen LogP contribution in [0.25, 0.3) is 0 Å². The van der Waals surface area contributed by atoms with Crippen molar-refractivity contribution in [2.24, 2.45) is 22.6 Å². The maximum atomic E-state index is 13.3. The second kappa shape index (κ2) is 13.2. The first kappa shape index (κ1) is 31.5. The molecule has 2 unspecified atom stereocenters. The van der Waals surface area contributed by atoms with Gasteiger partial charge in [-0.1, -0.05) is 51.9 Å². The van der Waals surface area contributed by atoms with Crippen LogP contribution in [-0.2, 0) is 21.2 Å². The number of aliphatic imine (C=N–C) groups is 1. The molecule has 1 aromatic rings. The Labute approximate surface area is 246 Å². The number of benzene rings is 1. The molecule has 3 aliphatic rings. The highest BCUT2D eigenvalue weighted by atomic mass is 32.2. The number of anilines is 1. The Hall–Kier alpha value is -2.46. The first-order valence-electron chi connectivity index (χ1n) is 15.5. The van der Waals surface area contributed by atoms with E-state index < -0.39 is 21.6 Å². The number of rotatable bonds is 11. The van der Waals surface area contributed by atoms with Crippen LogP contribution in [0.4, 0.5) is 10.5 Å². The molecule has 3 amide bonds. The number of sulfonamides is 1. The zero-order chi connectivity index (χ0) is 29.8. The monoisotopic (exact) mass is 587 g/mol. The van der Waals surface area contributed by atoms with Gasteiger partial charge in [0.2, 0.25) is 10.0 Å². The Kier molecular flexibility index (Phi) is 10.2. The highest BCUT2D eigenvalue weighted by molar-refractivity contribution is 7.89. The predicted octanol–water partition coefficient (Wildman–Crippen LogP) is 4.83. The van der Waals surface area contributed by atoms with Crippen LogP contribution in [0, 0.1) is 25.7 Å². The molecule has 2 heterocycles. The maximum absolute atomic E-state index is 13.3. The van der Waals surface area contributed by atoms with Crippen molar-refractivity contribution in [3.8, 4) is 0 Å². The van der Waals surface area contributed by atoms with Crippen molar-refractivity contribution >= 4 is 33.5 Å². The van der Waals surface area contributed by atoms with Gasteiger partial charge >= 0.3 is 6.03 Å². The number of hydrogen-bond acceptors (Lipinski definition) is 5. The lowest BCUT2D eigenvalue weighted by Crippen LogP contribution is -2.51. The minimum absolute atomic E-state index is 0.00484. The van der Waals surface area contributed by atoms with E-state index in [9.17, 15) is 18.0 Å². The van der Waals surface area contributed by atoms with E-state index in [0.29, 0.717) is 49.9 Å². The lowest BCUT2D eigenvalue weighted by molar-refractivity contribution is -0.125. The summed E-state index contributed by atoms with van der Waals surface area (Å²) in [5, 5.41) is 3.12. The van der Waals surface area contributed by atoms with Gasteiger partial charge in [-0.2, -0.15) is 0 Å². The van der Waals surface area contributed by atoms with Gasteiger partial charge < -0.3 is 11.1 Å². The van der Waals surface area contributed by atoms with Crippen molar-refractivity contribution in [2.75, 3.05) is 30.8 Å². The molecule has 2 atom stereocenters. The second-order valence-electron chi connectivity index (χ2n) is 12.5. The standard InChI is InChI=1S/C31H49N5O4S/c1-5-6-7-8-10-24-11-9-12-25(21-24)28-33-29(37)31(34-28)14-16-36(17-15-31)41(39,40)18-13-27-22(2)19-26(20-23(27)3)35(4)30(32)38/h19-20,24-25H,5-18,21H2,1-4H3,(H2,32,38)(H,33,34,37). The summed E-state index contributed by atoms with van der Waals surface area (Å²) < 4.78 is 28.2. The van der Waals surface area contributed by atoms with Gasteiger partial charge in [-0.05, 0) is 80.7 Å². The number of carbonyl (C=O) groups excluding carboxylic acids is 2. The number of primary amides is 1. The fourth-order valence-corrected chi connectivity index (χ4v) is 8.37. The van der Waals surface area contributed by atoms with Gasteiger partial charge in [0.25, 0.3) is 5.91 Å². The van der Waals surface area contributed by atoms with Crippen LogP contribution >= 0.6 is 0 Å². The molecular weight excluding hydrogens is 538 g/mol. The van der Waals surface area contributed by atoms with Gasteiger partial charge in [0.05, 0.1) is 5.75 Å². The lowest BCUT2D eigenvalue weighted by atomic mass is 9.78. The summed E-state index contributed by atoms with van der Waals surface area (Å²) in [5.41, 5.74) is 8.07. The van der Waals surface area contributed by atoms with Crippen LogP contribution in [-0.4, -0.2) is 61.9 Å². The third kappa shape index (κ3) is 7.31. The fraction of sp³-hybridized carbons (Fsp3) is 0.710. The van der Waals surface area contributed by atoms with Crippen molar-refractivity contribution in [3.63, 3.8) is 0 Å². The molecule has 0 bridgehead atoms. The lowest BCUT2D eigenvalue weighted by Gasteiger charge is -2.35. The summed E-state index contributed by atoms with van der Waals surface area (Å²) in [4.78, 5) is 31.1. The van der Waals surface area contributed by atoms with Crippen LogP contribution < -0.4 is 16.0 Å². The van der Waals surface area contributed by atoms with Crippen LogP contribution in [0.15, 0.2) is 17.1 Å². The molecule has 0 radical (unpaired) electrons. The molecule has 1 aromatic carbocycles. The Bertz CT molecular complexity index is 1230. The molecule has 41 heavy (non-hydrogen) atoms. The van der Waals surface area contributed by atoms with Gasteiger partial charge in [-0.25, -0.2) is 17.5 Å². The maximum Gasteiger partial charge on any atom is 0.318 e. The second-order valence-corrected chi connectivity index (χ2v) is 14.6. The number of aryl methyl sites for hydroxylation is 2. The molecule has 1 aliphatic carbocycles. The molecular formula is C31H49N5O4S. The number of nitrogens with zero attached hydrogens (tertiary/aromatic N) is 3. The first-order valence-corrected chi connectivity index (χ1v) is 17.1. The number of hydrogen-bond donors (Lipinski definition) is 2. The molecule has 10 heteroatoms. The molecule has 2 aliphatic heterocycles. The number of piperidine rings is 1. The minimum atomic E-state index is -3.50. The van der Waals surface area contributed by atoms with Gasteiger partial charge in [-0.15, -0.1) is 0 Å². The Balaban J connectivity index is 1.34. The van der Waals surface area contributed by atoms with Crippen LogP contribution in [0.3, 0.4) is 0 Å². The topological polar surface area (TPSA) is 125 Å². The Morgan fingerprint density at radius 3 is 2.46 bits per heavy atom. The molecule has 1 saturated heterocycles. The summed E-state index contributed by atoms with van der Waals surface area (Å²) in [5.74, 6) is 1.81. The molecule has 1 spiro atoms. The van der Waals surface area contributed by atoms with E-state index >= 15 is 0 Å². The smallest absolute Gasteiger partial charge is 0.318 e. The molecule has 2 fully saturated rings. The van der Waals surface area contributed by atoms with Crippen LogP contribution in [0.1, 0.15) is 94.2 Å². The van der Waals surface area contributed by atoms with Gasteiger partial charge in [0.1, 0.15) is 11.4 Å². The van der Waals surface area contributed by atoms with Gasteiger partial charge in [0.15, 0.2) is 0 Å². The van der Waals surface area contributed by atoms with E-state index in [-0.39, 0.29) is 11.7 Å². The van der Waals surface area contributed by atoms with Crippen molar-refractivity contribution in [3.05, 3.63) is 28.8 Å². The van der Waals surface area contributed by atoms with Crippen molar-refractivity contribution < 1.29 is 18.0 Å². The largest absolute Gasteiger partial charge is 0.351 e. The van der Waals surface area contributed by atoms with Gasteiger partial charge in [0, 0.05) is 31.7 Å². The van der Waals surface area contributed by atoms with E-state index in [1.807, 2.05) is 26.0 Å². The first-order chi connectivity index (χ1) is 19.5. The van der Waals surface area contributed by atoms with E-state index in [0.717, 1.165) is 35.4 Å². The number of nitrogens with one attached hydrogen (secondary N) is 1. The normalized spacial score (nSPS) is 22.9. The minimum Gasteiger partial charge on any atom is -0.351 e. The third-order valence-corrected chi connectivity index (χ3v) is 11.5. The molecule has 9 nitrogen and oxygen atoms in total. The van der Waals surface area contributed by atoms with Crippen molar-refractivity contribution in [2.45, 2.75) is 103 Å². The number of nitrogens with two attached hydrogens (primary N) is 1. The van der Waals surface area contributed by atoms with Crippen molar-refractivity contribution in [1.29, 1.82) is 0 Å². The summed E-state index contributed by atoms with van der Waals surface area (Å²) in [7, 11) is -1.89. The van der Waals surface area contributed by atoms with E-state index in [1.54, 1.807) is 7.05 Å². The zero-order valence-corrected chi connectivity index (χ0v) is 26.2. The number of carbonyl (C=O) groups is 2. The van der Waals surface area contributed by atoms with Crippen LogP contribution in [0.5, 0.6) is 0 Å². The number of urea groups is 1. The summed E-state index contributed by atoms with van der Waals surface area (Å²) >= 11 is 0. The SMILES string of the molecule is CCCCCCC1CCCC(C2=NC3(CCN(S(=O)(=O)CCc4c(C)cc(N(C)C(N)=O)cc4C)CC3)C(=O)N2)C1.